The summed E-state index contributed by atoms with van der Waals surface area (Å²) in [7, 11) is 0. The van der Waals surface area contributed by atoms with E-state index in [4.69, 9.17) is 0 Å². The minimum absolute atomic E-state index is 0.0390. The Morgan fingerprint density at radius 2 is 2.04 bits per heavy atom. The Hall–Kier alpha value is -2.22. The molecule has 1 heterocycles. The number of alkyl halides is 2. The van der Waals surface area contributed by atoms with Crippen LogP contribution in [0.2, 0.25) is 0 Å². The van der Waals surface area contributed by atoms with E-state index in [0.29, 0.717) is 32.5 Å². The second-order valence-corrected chi connectivity index (χ2v) is 6.07. The molecule has 1 aliphatic rings. The highest BCUT2D eigenvalue weighted by Crippen LogP contribution is 2.26. The zero-order valence-electron chi connectivity index (χ0n) is 14.8. The number of hydrogen-bond acceptors (Lipinski definition) is 4. The molecule has 1 aromatic carbocycles. The van der Waals surface area contributed by atoms with Crippen molar-refractivity contribution < 1.29 is 23.1 Å². The number of carbonyl (C=O) groups is 2. The summed E-state index contributed by atoms with van der Waals surface area (Å²) in [5.41, 5.74) is 0.0390. The highest BCUT2D eigenvalue weighted by Gasteiger charge is 2.35. The molecule has 2 rings (SSSR count). The predicted octanol–water partition coefficient (Wildman–Crippen LogP) is 2.01. The Morgan fingerprint density at radius 1 is 1.27 bits per heavy atom. The summed E-state index contributed by atoms with van der Waals surface area (Å²) >= 11 is 0. The fourth-order valence-corrected chi connectivity index (χ4v) is 2.97. The van der Waals surface area contributed by atoms with Crippen LogP contribution in [-0.2, 0) is 4.79 Å². The molecule has 0 aromatic heterocycles. The third-order valence-corrected chi connectivity index (χ3v) is 4.18. The SMILES string of the molecule is CCCNCCNC(=O)C1CCCN1C(=O)c1ccccc1OC(F)F. The number of rotatable bonds is 9. The zero-order valence-corrected chi connectivity index (χ0v) is 14.8. The van der Waals surface area contributed by atoms with Crippen LogP contribution in [0.4, 0.5) is 8.78 Å². The number of halogens is 2. The van der Waals surface area contributed by atoms with Gasteiger partial charge in [0, 0.05) is 19.6 Å². The Kier molecular flexibility index (Phi) is 7.77. The van der Waals surface area contributed by atoms with Gasteiger partial charge < -0.3 is 20.3 Å². The standard InChI is InChI=1S/C18H25F2N3O3/c1-2-9-21-10-11-22-16(24)14-7-5-12-23(14)17(25)13-6-3-4-8-15(13)26-18(19)20/h3-4,6,8,14,18,21H,2,5,7,9-12H2,1H3,(H,22,24). The van der Waals surface area contributed by atoms with E-state index >= 15 is 0 Å². The van der Waals surface area contributed by atoms with E-state index < -0.39 is 18.6 Å². The molecule has 2 amide bonds. The van der Waals surface area contributed by atoms with Crippen LogP contribution in [0.25, 0.3) is 0 Å². The molecule has 26 heavy (non-hydrogen) atoms. The lowest BCUT2D eigenvalue weighted by Crippen LogP contribution is -2.47. The minimum atomic E-state index is -3.02. The largest absolute Gasteiger partial charge is 0.434 e. The molecule has 0 radical (unpaired) electrons. The summed E-state index contributed by atoms with van der Waals surface area (Å²) in [6.45, 7) is 1.47. The molecule has 1 aliphatic heterocycles. The van der Waals surface area contributed by atoms with Gasteiger partial charge in [0.25, 0.3) is 5.91 Å². The predicted molar refractivity (Wildman–Crippen MR) is 93.3 cm³/mol. The van der Waals surface area contributed by atoms with E-state index in [2.05, 4.69) is 22.3 Å². The number of para-hydroxylation sites is 1. The number of amides is 2. The third-order valence-electron chi connectivity index (χ3n) is 4.18. The second-order valence-electron chi connectivity index (χ2n) is 6.07. The molecular weight excluding hydrogens is 344 g/mol. The summed E-state index contributed by atoms with van der Waals surface area (Å²) in [5, 5.41) is 6.00. The Bertz CT molecular complexity index is 613. The molecule has 0 spiro atoms. The molecule has 1 unspecified atom stereocenters. The number of benzene rings is 1. The molecule has 1 saturated heterocycles. The summed E-state index contributed by atoms with van der Waals surface area (Å²) in [4.78, 5) is 26.6. The molecule has 144 valence electrons. The van der Waals surface area contributed by atoms with Crippen LogP contribution >= 0.6 is 0 Å². The van der Waals surface area contributed by atoms with E-state index in [1.54, 1.807) is 6.07 Å². The van der Waals surface area contributed by atoms with Crippen molar-refractivity contribution in [1.29, 1.82) is 0 Å². The van der Waals surface area contributed by atoms with Gasteiger partial charge in [0.05, 0.1) is 5.56 Å². The van der Waals surface area contributed by atoms with Gasteiger partial charge >= 0.3 is 6.61 Å². The van der Waals surface area contributed by atoms with Crippen molar-refractivity contribution >= 4 is 11.8 Å². The number of likely N-dealkylation sites (tertiary alicyclic amines) is 1. The van der Waals surface area contributed by atoms with Gasteiger partial charge in [0.1, 0.15) is 11.8 Å². The van der Waals surface area contributed by atoms with E-state index in [9.17, 15) is 18.4 Å². The maximum atomic E-state index is 12.8. The maximum Gasteiger partial charge on any atom is 0.387 e. The van der Waals surface area contributed by atoms with Crippen molar-refractivity contribution in [2.45, 2.75) is 38.8 Å². The van der Waals surface area contributed by atoms with Crippen LogP contribution in [-0.4, -0.2) is 55.5 Å². The lowest BCUT2D eigenvalue weighted by atomic mass is 10.1. The molecule has 0 bridgehead atoms. The van der Waals surface area contributed by atoms with Crippen LogP contribution in [0.1, 0.15) is 36.5 Å². The topological polar surface area (TPSA) is 70.7 Å². The Morgan fingerprint density at radius 3 is 2.77 bits per heavy atom. The van der Waals surface area contributed by atoms with Crippen molar-refractivity contribution in [2.75, 3.05) is 26.2 Å². The summed E-state index contributed by atoms with van der Waals surface area (Å²) in [5.74, 6) is -0.869. The smallest absolute Gasteiger partial charge is 0.387 e. The minimum Gasteiger partial charge on any atom is -0.434 e. The zero-order chi connectivity index (χ0) is 18.9. The van der Waals surface area contributed by atoms with Gasteiger partial charge in [-0.2, -0.15) is 8.78 Å². The monoisotopic (exact) mass is 369 g/mol. The first-order valence-corrected chi connectivity index (χ1v) is 8.87. The second kappa shape index (κ2) is 10.1. The van der Waals surface area contributed by atoms with Crippen LogP contribution in [0, 0.1) is 0 Å². The maximum absolute atomic E-state index is 12.8. The molecule has 1 aromatic rings. The van der Waals surface area contributed by atoms with Gasteiger partial charge in [0.15, 0.2) is 0 Å². The molecule has 2 N–H and O–H groups in total. The van der Waals surface area contributed by atoms with Crippen molar-refractivity contribution in [3.05, 3.63) is 29.8 Å². The van der Waals surface area contributed by atoms with Gasteiger partial charge in [-0.1, -0.05) is 19.1 Å². The van der Waals surface area contributed by atoms with Crippen molar-refractivity contribution in [2.24, 2.45) is 0 Å². The van der Waals surface area contributed by atoms with Gasteiger partial charge in [-0.05, 0) is 37.9 Å². The third kappa shape index (κ3) is 5.39. The molecule has 1 fully saturated rings. The highest BCUT2D eigenvalue weighted by atomic mass is 19.3. The number of carbonyl (C=O) groups excluding carboxylic acids is 2. The number of hydrogen-bond donors (Lipinski definition) is 2. The molecule has 1 atom stereocenters. The average molecular weight is 369 g/mol. The van der Waals surface area contributed by atoms with Crippen molar-refractivity contribution in [3.63, 3.8) is 0 Å². The summed E-state index contributed by atoms with van der Waals surface area (Å²) < 4.78 is 29.5. The lowest BCUT2D eigenvalue weighted by Gasteiger charge is -2.25. The summed E-state index contributed by atoms with van der Waals surface area (Å²) in [6.07, 6.45) is 2.26. The van der Waals surface area contributed by atoms with E-state index in [1.165, 1.54) is 23.1 Å². The number of nitrogens with zero attached hydrogens (tertiary/aromatic N) is 1. The molecule has 8 heteroatoms. The van der Waals surface area contributed by atoms with Gasteiger partial charge in [0.2, 0.25) is 5.91 Å². The quantitative estimate of drug-likeness (QED) is 0.654. The van der Waals surface area contributed by atoms with Crippen LogP contribution < -0.4 is 15.4 Å². The van der Waals surface area contributed by atoms with Gasteiger partial charge in [-0.15, -0.1) is 0 Å². The molecule has 0 saturated carbocycles. The Labute approximate surface area is 151 Å². The van der Waals surface area contributed by atoms with E-state index in [0.717, 1.165) is 13.0 Å². The van der Waals surface area contributed by atoms with Crippen molar-refractivity contribution in [3.8, 4) is 5.75 Å². The number of ether oxygens (including phenoxy) is 1. The molecule has 0 aliphatic carbocycles. The van der Waals surface area contributed by atoms with Crippen molar-refractivity contribution in [1.82, 2.24) is 15.5 Å². The lowest BCUT2D eigenvalue weighted by molar-refractivity contribution is -0.124. The first-order chi connectivity index (χ1) is 12.5. The van der Waals surface area contributed by atoms with E-state index in [1.807, 2.05) is 0 Å². The first kappa shape index (κ1) is 20.1. The van der Waals surface area contributed by atoms with Crippen LogP contribution in [0.5, 0.6) is 5.75 Å². The van der Waals surface area contributed by atoms with Gasteiger partial charge in [-0.3, -0.25) is 9.59 Å². The highest BCUT2D eigenvalue weighted by molar-refractivity contribution is 6.00. The summed E-state index contributed by atoms with van der Waals surface area (Å²) in [6, 6.07) is 5.27. The Balaban J connectivity index is 2.01. The first-order valence-electron chi connectivity index (χ1n) is 8.87. The van der Waals surface area contributed by atoms with Crippen LogP contribution in [0.15, 0.2) is 24.3 Å². The normalized spacial score (nSPS) is 16.8. The van der Waals surface area contributed by atoms with Gasteiger partial charge in [-0.25, -0.2) is 0 Å². The molecule has 6 nitrogen and oxygen atoms in total. The van der Waals surface area contributed by atoms with E-state index in [-0.39, 0.29) is 17.2 Å². The van der Waals surface area contributed by atoms with Crippen LogP contribution in [0.3, 0.4) is 0 Å². The number of nitrogens with one attached hydrogen (secondary N) is 2. The molecular formula is C18H25F2N3O3. The fourth-order valence-electron chi connectivity index (χ4n) is 2.97. The fraction of sp³-hybridized carbons (Fsp3) is 0.556. The average Bonchev–Trinajstić information content (AvgIpc) is 3.10.